The Morgan fingerprint density at radius 1 is 1.57 bits per heavy atom. The Bertz CT molecular complexity index is 1020. The second kappa shape index (κ2) is 4.80. The second-order valence-corrected chi connectivity index (χ2v) is 4.65. The highest BCUT2D eigenvalue weighted by molar-refractivity contribution is 6.03. The third-order valence-corrected chi connectivity index (χ3v) is 3.29. The molecule has 1 aliphatic rings. The van der Waals surface area contributed by atoms with Crippen LogP contribution in [-0.4, -0.2) is 21.1 Å². The molecule has 1 atom stereocenters. The van der Waals surface area contributed by atoms with Gasteiger partial charge in [-0.2, -0.15) is 0 Å². The van der Waals surface area contributed by atoms with Gasteiger partial charge in [-0.1, -0.05) is 6.07 Å². The quantitative estimate of drug-likeness (QED) is 0.628. The highest BCUT2D eigenvalue weighted by atomic mass is 16.2. The summed E-state index contributed by atoms with van der Waals surface area (Å²) < 4.78 is 40.2. The van der Waals surface area contributed by atoms with Crippen LogP contribution in [0.15, 0.2) is 23.0 Å². The van der Waals surface area contributed by atoms with Crippen LogP contribution in [0.1, 0.15) is 37.9 Å². The lowest BCUT2D eigenvalue weighted by Gasteiger charge is -2.24. The highest BCUT2D eigenvalue weighted by Gasteiger charge is 2.30. The number of anilines is 1. The molecule has 0 amide bonds. The third-order valence-electron chi connectivity index (χ3n) is 3.29. The summed E-state index contributed by atoms with van der Waals surface area (Å²) in [6, 6.07) is 0.131. The van der Waals surface area contributed by atoms with Crippen molar-refractivity contribution in [2.45, 2.75) is 32.1 Å². The Hall–Kier alpha value is -2.50. The maximum Gasteiger partial charge on any atom is 0.264 e. The minimum Gasteiger partial charge on any atom is -0.398 e. The van der Waals surface area contributed by atoms with Crippen molar-refractivity contribution in [1.29, 1.82) is 0 Å². The molecule has 1 aromatic heterocycles. The van der Waals surface area contributed by atoms with Crippen molar-refractivity contribution < 1.29 is 16.4 Å². The summed E-state index contributed by atoms with van der Waals surface area (Å²) in [6.07, 6.45) is -4.16. The lowest BCUT2D eigenvalue weighted by atomic mass is 9.92. The summed E-state index contributed by atoms with van der Waals surface area (Å²) in [5.74, 6) is -2.17. The standard InChI is InChI=1S/C15H15N3O3/c1-8-17-11-4-2-3-10(16)14(11)15(21)18(8)12-6-5-9(19)7-13(12)20/h2-4,12H,5-7,16H2,1H3/i1D,4D,5D2,12D. The fourth-order valence-electron chi connectivity index (χ4n) is 2.30. The Kier molecular flexibility index (Phi) is 1.99. The minimum absolute atomic E-state index is 0.00951. The smallest absolute Gasteiger partial charge is 0.264 e. The average molecular weight is 290 g/mol. The summed E-state index contributed by atoms with van der Waals surface area (Å²) in [6.45, 7) is -0.579. The molecule has 1 heterocycles. The molecule has 0 radical (unpaired) electrons. The first kappa shape index (κ1) is 8.71. The lowest BCUT2D eigenvalue weighted by Crippen LogP contribution is -2.36. The summed E-state index contributed by atoms with van der Waals surface area (Å²) in [5, 5.41) is -0.174. The van der Waals surface area contributed by atoms with Crippen molar-refractivity contribution in [3.8, 4) is 0 Å². The van der Waals surface area contributed by atoms with E-state index in [0.717, 1.165) is 0 Å². The molecule has 0 aliphatic heterocycles. The van der Waals surface area contributed by atoms with Crippen LogP contribution in [0.5, 0.6) is 0 Å². The zero-order chi connectivity index (χ0) is 19.4. The third kappa shape index (κ3) is 2.12. The molecule has 2 aromatic rings. The van der Waals surface area contributed by atoms with Gasteiger partial charge >= 0.3 is 0 Å². The van der Waals surface area contributed by atoms with Gasteiger partial charge in [0.2, 0.25) is 0 Å². The van der Waals surface area contributed by atoms with E-state index < -0.39 is 49.3 Å². The average Bonchev–Trinajstić information content (AvgIpc) is 2.55. The Morgan fingerprint density at radius 2 is 2.38 bits per heavy atom. The number of Topliss-reactive ketones (excluding diaryl/α,β-unsaturated/α-hetero) is 2. The molecule has 1 unspecified atom stereocenters. The van der Waals surface area contributed by atoms with Gasteiger partial charge in [0.05, 0.1) is 26.1 Å². The topological polar surface area (TPSA) is 95.0 Å². The van der Waals surface area contributed by atoms with E-state index in [4.69, 9.17) is 12.6 Å². The number of aromatic nitrogens is 2. The summed E-state index contributed by atoms with van der Waals surface area (Å²) in [7, 11) is 0. The summed E-state index contributed by atoms with van der Waals surface area (Å²) >= 11 is 0. The molecule has 6 heteroatoms. The molecule has 1 saturated carbocycles. The number of nitrogen functional groups attached to an aromatic ring is 1. The van der Waals surface area contributed by atoms with Crippen LogP contribution in [0.3, 0.4) is 0 Å². The zero-order valence-corrected chi connectivity index (χ0v) is 11.0. The van der Waals surface area contributed by atoms with Gasteiger partial charge in [0.15, 0.2) is 5.78 Å². The molecule has 0 spiro atoms. The van der Waals surface area contributed by atoms with E-state index in [1.165, 1.54) is 12.1 Å². The minimum atomic E-state index is -2.47. The number of carbonyl (C=O) groups excluding carboxylic acids is 2. The van der Waals surface area contributed by atoms with E-state index in [0.29, 0.717) is 4.57 Å². The van der Waals surface area contributed by atoms with Crippen LogP contribution in [0.4, 0.5) is 5.69 Å². The van der Waals surface area contributed by atoms with Gasteiger partial charge in [0.1, 0.15) is 11.6 Å². The molecule has 108 valence electrons. The number of hydrogen-bond donors (Lipinski definition) is 1. The van der Waals surface area contributed by atoms with E-state index in [1.807, 2.05) is 0 Å². The largest absolute Gasteiger partial charge is 0.398 e. The van der Waals surface area contributed by atoms with Crippen molar-refractivity contribution >= 4 is 28.2 Å². The number of ketones is 2. The van der Waals surface area contributed by atoms with Gasteiger partial charge in [-0.3, -0.25) is 19.0 Å². The number of carbonyl (C=O) groups is 2. The van der Waals surface area contributed by atoms with E-state index in [-0.39, 0.29) is 28.5 Å². The molecule has 21 heavy (non-hydrogen) atoms. The lowest BCUT2D eigenvalue weighted by molar-refractivity contribution is -0.132. The maximum absolute atomic E-state index is 13.0. The second-order valence-electron chi connectivity index (χ2n) is 4.65. The van der Waals surface area contributed by atoms with Crippen molar-refractivity contribution in [3.63, 3.8) is 0 Å². The monoisotopic (exact) mass is 290 g/mol. The number of nitrogens with zero attached hydrogens (tertiary/aromatic N) is 2. The van der Waals surface area contributed by atoms with Crippen molar-refractivity contribution in [1.82, 2.24) is 9.55 Å². The highest BCUT2D eigenvalue weighted by Crippen LogP contribution is 2.24. The first-order valence-corrected chi connectivity index (χ1v) is 6.20. The first-order chi connectivity index (χ1) is 12.0. The molecule has 0 saturated heterocycles. The Morgan fingerprint density at radius 3 is 3.14 bits per heavy atom. The first-order valence-electron chi connectivity index (χ1n) is 8.90. The van der Waals surface area contributed by atoms with Gasteiger partial charge in [0.25, 0.3) is 5.56 Å². The van der Waals surface area contributed by atoms with E-state index in [1.54, 1.807) is 0 Å². The van der Waals surface area contributed by atoms with Gasteiger partial charge in [0, 0.05) is 16.2 Å². The summed E-state index contributed by atoms with van der Waals surface area (Å²) in [4.78, 5) is 41.2. The Balaban J connectivity index is 2.39. The molecular weight excluding hydrogens is 270 g/mol. The molecule has 3 rings (SSSR count). The predicted molar refractivity (Wildman–Crippen MR) is 78.1 cm³/mol. The molecule has 1 aliphatic carbocycles. The number of nitrogens with two attached hydrogens (primary N) is 1. The van der Waals surface area contributed by atoms with Crippen LogP contribution in [-0.2, 0) is 9.59 Å². The maximum atomic E-state index is 13.0. The van der Waals surface area contributed by atoms with Gasteiger partial charge in [-0.05, 0) is 25.4 Å². The van der Waals surface area contributed by atoms with Gasteiger partial charge < -0.3 is 5.73 Å². The molecular formula is C15H15N3O3. The molecule has 1 aromatic carbocycles. The summed E-state index contributed by atoms with van der Waals surface area (Å²) in [5.41, 5.74) is 4.84. The van der Waals surface area contributed by atoms with Crippen molar-refractivity contribution in [2.24, 2.45) is 0 Å². The Labute approximate surface area is 127 Å². The molecule has 0 bridgehead atoms. The molecule has 6 nitrogen and oxygen atoms in total. The van der Waals surface area contributed by atoms with Crippen LogP contribution in [0.25, 0.3) is 10.9 Å². The van der Waals surface area contributed by atoms with Gasteiger partial charge in [-0.25, -0.2) is 4.98 Å². The molecule has 2 N–H and O–H groups in total. The van der Waals surface area contributed by atoms with Crippen molar-refractivity contribution in [2.75, 3.05) is 5.73 Å². The number of rotatable bonds is 1. The van der Waals surface area contributed by atoms with Crippen LogP contribution >= 0.6 is 0 Å². The number of hydrogen-bond acceptors (Lipinski definition) is 5. The van der Waals surface area contributed by atoms with Crippen LogP contribution in [0, 0.1) is 6.90 Å². The number of benzene rings is 1. The van der Waals surface area contributed by atoms with E-state index in [9.17, 15) is 14.4 Å². The van der Waals surface area contributed by atoms with E-state index in [2.05, 4.69) is 4.98 Å². The fourth-order valence-corrected chi connectivity index (χ4v) is 2.30. The number of aryl methyl sites for hydroxylation is 1. The van der Waals surface area contributed by atoms with Gasteiger partial charge in [-0.15, -0.1) is 0 Å². The van der Waals surface area contributed by atoms with Crippen molar-refractivity contribution in [3.05, 3.63) is 34.4 Å². The normalized spacial score (nSPS) is 28.5. The van der Waals surface area contributed by atoms with Crippen LogP contribution < -0.4 is 11.3 Å². The van der Waals surface area contributed by atoms with Crippen LogP contribution in [0.2, 0.25) is 0 Å². The SMILES string of the molecule is [2H]Cc1nc2c([2H])ccc(N)c2c(=O)n1C1([2H])CC([2H])([2H])C(=O)CC1=O. The predicted octanol–water partition coefficient (Wildman–Crippen LogP) is 1.15. The zero-order valence-electron chi connectivity index (χ0n) is 16.0. The number of fused-ring (bicyclic) bond motifs is 1. The fraction of sp³-hybridized carbons (Fsp3) is 0.333. The molecule has 1 fully saturated rings. The van der Waals surface area contributed by atoms with E-state index >= 15 is 0 Å².